The van der Waals surface area contributed by atoms with E-state index in [1.54, 1.807) is 20.5 Å². The number of rotatable bonds is 6. The predicted octanol–water partition coefficient (Wildman–Crippen LogP) is 5.39. The average Bonchev–Trinajstić information content (AvgIpc) is 3.49. The topological polar surface area (TPSA) is 132 Å². The SMILES string of the molecule is Cc1cc(C)cc(COC(=O)N2CCCn3nc(C=O)cc3C2)c1.Cc1cc(C)cc(COC(=O)N2CCCn3nc(CO)cc3C2)c1. The molecular weight excluding hydrogens is 612 g/mol. The van der Waals surface area contributed by atoms with Crippen molar-refractivity contribution in [3.8, 4) is 0 Å². The Morgan fingerprint density at radius 2 is 1.15 bits per heavy atom. The molecule has 2 aromatic carbocycles. The Kier molecular flexibility index (Phi) is 11.3. The van der Waals surface area contributed by atoms with Crippen LogP contribution in [0.4, 0.5) is 9.59 Å². The number of hydrogen-bond donors (Lipinski definition) is 1. The lowest BCUT2D eigenvalue weighted by atomic mass is 10.1. The molecule has 0 unspecified atom stereocenters. The van der Waals surface area contributed by atoms with Crippen molar-refractivity contribution < 1.29 is 29.0 Å². The van der Waals surface area contributed by atoms with Crippen molar-refractivity contribution in [1.29, 1.82) is 0 Å². The highest BCUT2D eigenvalue weighted by Crippen LogP contribution is 2.18. The van der Waals surface area contributed by atoms with Gasteiger partial charge < -0.3 is 24.4 Å². The molecule has 0 saturated heterocycles. The first-order valence-electron chi connectivity index (χ1n) is 16.3. The van der Waals surface area contributed by atoms with Crippen LogP contribution in [0.25, 0.3) is 0 Å². The molecule has 0 fully saturated rings. The van der Waals surface area contributed by atoms with E-state index in [1.807, 2.05) is 62.7 Å². The number of aryl methyl sites for hydroxylation is 6. The van der Waals surface area contributed by atoms with Crippen LogP contribution in [0, 0.1) is 27.7 Å². The van der Waals surface area contributed by atoms with Gasteiger partial charge in [-0.15, -0.1) is 0 Å². The van der Waals surface area contributed by atoms with E-state index in [4.69, 9.17) is 9.47 Å². The van der Waals surface area contributed by atoms with Crippen LogP contribution in [-0.2, 0) is 55.5 Å². The van der Waals surface area contributed by atoms with Crippen molar-refractivity contribution in [3.05, 3.63) is 105 Å². The molecule has 48 heavy (non-hydrogen) atoms. The Balaban J connectivity index is 0.000000188. The van der Waals surface area contributed by atoms with Gasteiger partial charge in [-0.25, -0.2) is 9.59 Å². The molecular formula is C36H44N6O6. The highest BCUT2D eigenvalue weighted by Gasteiger charge is 2.23. The summed E-state index contributed by atoms with van der Waals surface area (Å²) in [5.41, 5.74) is 9.45. The number of carbonyl (C=O) groups is 3. The molecule has 254 valence electrons. The summed E-state index contributed by atoms with van der Waals surface area (Å²) in [5, 5.41) is 17.7. The van der Waals surface area contributed by atoms with E-state index in [0.29, 0.717) is 44.1 Å². The van der Waals surface area contributed by atoms with Crippen LogP contribution < -0.4 is 0 Å². The van der Waals surface area contributed by atoms with Crippen LogP contribution in [0.5, 0.6) is 0 Å². The van der Waals surface area contributed by atoms with Crippen molar-refractivity contribution in [2.24, 2.45) is 0 Å². The van der Waals surface area contributed by atoms with E-state index in [0.717, 1.165) is 70.4 Å². The quantitative estimate of drug-likeness (QED) is 0.274. The molecule has 4 aromatic rings. The van der Waals surface area contributed by atoms with Crippen molar-refractivity contribution in [3.63, 3.8) is 0 Å². The van der Waals surface area contributed by atoms with Gasteiger partial charge in [-0.3, -0.25) is 14.2 Å². The first kappa shape index (κ1) is 34.4. The summed E-state index contributed by atoms with van der Waals surface area (Å²) in [5.74, 6) is 0. The third-order valence-corrected chi connectivity index (χ3v) is 8.18. The summed E-state index contributed by atoms with van der Waals surface area (Å²) in [6, 6.07) is 15.9. The normalized spacial score (nSPS) is 14.1. The minimum absolute atomic E-state index is 0.0862. The molecule has 0 radical (unpaired) electrons. The van der Waals surface area contributed by atoms with Crippen molar-refractivity contribution >= 4 is 18.5 Å². The van der Waals surface area contributed by atoms with E-state index >= 15 is 0 Å². The Morgan fingerprint density at radius 1 is 0.688 bits per heavy atom. The van der Waals surface area contributed by atoms with Gasteiger partial charge in [0.15, 0.2) is 6.29 Å². The molecule has 0 bridgehead atoms. The average molecular weight is 657 g/mol. The lowest BCUT2D eigenvalue weighted by molar-refractivity contribution is 0.0935. The molecule has 12 nitrogen and oxygen atoms in total. The van der Waals surface area contributed by atoms with Gasteiger partial charge in [0.25, 0.3) is 0 Å². The van der Waals surface area contributed by atoms with Gasteiger partial charge >= 0.3 is 12.2 Å². The highest BCUT2D eigenvalue weighted by molar-refractivity contribution is 5.72. The summed E-state index contributed by atoms with van der Waals surface area (Å²) in [7, 11) is 0. The summed E-state index contributed by atoms with van der Waals surface area (Å²) >= 11 is 0. The molecule has 6 rings (SSSR count). The van der Waals surface area contributed by atoms with Crippen LogP contribution in [0.15, 0.2) is 48.5 Å². The minimum atomic E-state index is -0.337. The number of benzene rings is 2. The van der Waals surface area contributed by atoms with E-state index in [-0.39, 0.29) is 32.0 Å². The summed E-state index contributed by atoms with van der Waals surface area (Å²) < 4.78 is 14.6. The molecule has 12 heteroatoms. The smallest absolute Gasteiger partial charge is 0.410 e. The minimum Gasteiger partial charge on any atom is -0.445 e. The maximum atomic E-state index is 12.4. The van der Waals surface area contributed by atoms with Crippen LogP contribution in [0.3, 0.4) is 0 Å². The van der Waals surface area contributed by atoms with Gasteiger partial charge in [0.05, 0.1) is 36.8 Å². The predicted molar refractivity (Wildman–Crippen MR) is 178 cm³/mol. The number of aromatic nitrogens is 4. The molecule has 0 spiro atoms. The number of ether oxygens (including phenoxy) is 2. The number of aldehydes is 1. The molecule has 2 aliphatic heterocycles. The maximum Gasteiger partial charge on any atom is 0.410 e. The lowest BCUT2D eigenvalue weighted by Crippen LogP contribution is -2.31. The van der Waals surface area contributed by atoms with E-state index < -0.39 is 0 Å². The lowest BCUT2D eigenvalue weighted by Gasteiger charge is -2.19. The summed E-state index contributed by atoms with van der Waals surface area (Å²) in [6.07, 6.45) is 1.68. The molecule has 2 amide bonds. The Bertz CT molecular complexity index is 1720. The van der Waals surface area contributed by atoms with Crippen LogP contribution in [0.2, 0.25) is 0 Å². The number of fused-ring (bicyclic) bond motifs is 2. The standard InChI is InChI=1S/C18H23N3O3.C18H21N3O3/c2*1-13-6-14(2)8-15(7-13)12-24-18(23)20-4-3-5-21-17(10-20)9-16(11-22)19-21/h6-9,22H,3-5,10-12H2,1-2H3;6-9,11H,3-5,10,12H2,1-2H3. The fourth-order valence-corrected chi connectivity index (χ4v) is 6.23. The molecule has 0 saturated carbocycles. The zero-order chi connectivity index (χ0) is 34.2. The number of aliphatic hydroxyl groups excluding tert-OH is 1. The number of nitrogens with zero attached hydrogens (tertiary/aromatic N) is 6. The number of aliphatic hydroxyl groups is 1. The van der Waals surface area contributed by atoms with Crippen LogP contribution >= 0.6 is 0 Å². The number of amides is 2. The van der Waals surface area contributed by atoms with Crippen LogP contribution in [-0.4, -0.2) is 66.0 Å². The number of carbonyl (C=O) groups excluding carboxylic acids is 3. The zero-order valence-corrected chi connectivity index (χ0v) is 28.1. The highest BCUT2D eigenvalue weighted by atomic mass is 16.6. The molecule has 1 N–H and O–H groups in total. The Hall–Kier alpha value is -4.97. The van der Waals surface area contributed by atoms with E-state index in [2.05, 4.69) is 22.3 Å². The molecule has 0 atom stereocenters. The fraction of sp³-hybridized carbons (Fsp3) is 0.417. The maximum absolute atomic E-state index is 12.4. The second kappa shape index (κ2) is 15.7. The first-order chi connectivity index (χ1) is 23.1. The first-order valence-corrected chi connectivity index (χ1v) is 16.3. The van der Waals surface area contributed by atoms with Crippen molar-refractivity contribution in [2.75, 3.05) is 13.1 Å². The van der Waals surface area contributed by atoms with Gasteiger partial charge in [-0.1, -0.05) is 58.7 Å². The van der Waals surface area contributed by atoms with Gasteiger partial charge in [0.2, 0.25) is 0 Å². The third-order valence-electron chi connectivity index (χ3n) is 8.18. The molecule has 2 aliphatic rings. The largest absolute Gasteiger partial charge is 0.445 e. The fourth-order valence-electron chi connectivity index (χ4n) is 6.23. The second-order valence-corrected chi connectivity index (χ2v) is 12.6. The van der Waals surface area contributed by atoms with E-state index in [1.165, 1.54) is 0 Å². The summed E-state index contributed by atoms with van der Waals surface area (Å²) in [6.45, 7) is 12.1. The number of hydrogen-bond acceptors (Lipinski definition) is 8. The van der Waals surface area contributed by atoms with Gasteiger partial charge in [0, 0.05) is 26.2 Å². The second-order valence-electron chi connectivity index (χ2n) is 12.6. The molecule has 4 heterocycles. The van der Waals surface area contributed by atoms with Gasteiger partial charge in [0.1, 0.15) is 18.9 Å². The van der Waals surface area contributed by atoms with Crippen LogP contribution in [0.1, 0.15) is 73.8 Å². The Morgan fingerprint density at radius 3 is 1.60 bits per heavy atom. The summed E-state index contributed by atoms with van der Waals surface area (Å²) in [4.78, 5) is 39.0. The third kappa shape index (κ3) is 9.09. The monoisotopic (exact) mass is 656 g/mol. The van der Waals surface area contributed by atoms with Crippen molar-refractivity contribution in [1.82, 2.24) is 29.4 Å². The van der Waals surface area contributed by atoms with Crippen molar-refractivity contribution in [2.45, 2.75) is 86.5 Å². The molecule has 2 aromatic heterocycles. The van der Waals surface area contributed by atoms with Gasteiger partial charge in [-0.05, 0) is 63.8 Å². The zero-order valence-electron chi connectivity index (χ0n) is 28.1. The van der Waals surface area contributed by atoms with E-state index in [9.17, 15) is 19.5 Å². The van der Waals surface area contributed by atoms with Gasteiger partial charge in [-0.2, -0.15) is 10.2 Å². The molecule has 0 aliphatic carbocycles. The Labute approximate surface area is 280 Å².